The van der Waals surface area contributed by atoms with Crippen LogP contribution in [0.2, 0.25) is 0 Å². The number of aliphatic hydroxyl groups is 1. The van der Waals surface area contributed by atoms with Gasteiger partial charge in [-0.05, 0) is 13.8 Å². The average molecular weight is 188 g/mol. The molecule has 3 nitrogen and oxygen atoms in total. The number of halogens is 2. The highest BCUT2D eigenvalue weighted by atomic mass is 19.3. The summed E-state index contributed by atoms with van der Waals surface area (Å²) in [6.07, 6.45) is -2.61. The third-order valence-corrected chi connectivity index (χ3v) is 1.74. The fraction of sp³-hybridized carbons (Fsp3) is 0.500. The van der Waals surface area contributed by atoms with Crippen LogP contribution in [0.25, 0.3) is 0 Å². The smallest absolute Gasteiger partial charge is 0.282 e. The van der Waals surface area contributed by atoms with Gasteiger partial charge in [0.05, 0.1) is 23.7 Å². The van der Waals surface area contributed by atoms with Gasteiger partial charge in [-0.2, -0.15) is 0 Å². The van der Waals surface area contributed by atoms with Crippen molar-refractivity contribution in [3.8, 4) is 0 Å². The van der Waals surface area contributed by atoms with Crippen molar-refractivity contribution in [1.82, 2.24) is 9.97 Å². The van der Waals surface area contributed by atoms with E-state index in [0.717, 1.165) is 0 Å². The molecule has 13 heavy (non-hydrogen) atoms. The molecule has 0 amide bonds. The van der Waals surface area contributed by atoms with Gasteiger partial charge in [0.2, 0.25) is 0 Å². The second-order valence-corrected chi connectivity index (χ2v) is 2.69. The minimum atomic E-state index is -2.61. The second-order valence-electron chi connectivity index (χ2n) is 2.69. The summed E-state index contributed by atoms with van der Waals surface area (Å²) in [5, 5.41) is 8.78. The molecule has 1 aromatic rings. The SMILES string of the molecule is Cc1nc(C(F)F)c(C)nc1CO. The Morgan fingerprint density at radius 3 is 2.31 bits per heavy atom. The van der Waals surface area contributed by atoms with Gasteiger partial charge in [0.1, 0.15) is 5.69 Å². The van der Waals surface area contributed by atoms with Crippen molar-refractivity contribution in [2.24, 2.45) is 0 Å². The van der Waals surface area contributed by atoms with Crippen molar-refractivity contribution in [2.75, 3.05) is 0 Å². The van der Waals surface area contributed by atoms with E-state index in [2.05, 4.69) is 9.97 Å². The molecule has 1 N–H and O–H groups in total. The maximum absolute atomic E-state index is 12.3. The zero-order chi connectivity index (χ0) is 10.0. The Bertz CT molecular complexity index is 315. The zero-order valence-corrected chi connectivity index (χ0v) is 7.38. The van der Waals surface area contributed by atoms with Crippen LogP contribution in [0.3, 0.4) is 0 Å². The lowest BCUT2D eigenvalue weighted by atomic mass is 10.2. The molecule has 1 aromatic heterocycles. The molecule has 0 fully saturated rings. The number of aliphatic hydroxyl groups excluding tert-OH is 1. The van der Waals surface area contributed by atoms with E-state index >= 15 is 0 Å². The van der Waals surface area contributed by atoms with Crippen molar-refractivity contribution < 1.29 is 13.9 Å². The molecule has 0 aliphatic carbocycles. The van der Waals surface area contributed by atoms with Gasteiger partial charge in [-0.3, -0.25) is 4.98 Å². The van der Waals surface area contributed by atoms with Crippen LogP contribution in [0.5, 0.6) is 0 Å². The highest BCUT2D eigenvalue weighted by molar-refractivity contribution is 5.19. The summed E-state index contributed by atoms with van der Waals surface area (Å²) in [5.41, 5.74) is 0.560. The Balaban J connectivity index is 3.20. The number of rotatable bonds is 2. The van der Waals surface area contributed by atoms with E-state index in [1.807, 2.05) is 0 Å². The van der Waals surface area contributed by atoms with Crippen LogP contribution in [0.15, 0.2) is 0 Å². The van der Waals surface area contributed by atoms with Gasteiger partial charge in [-0.25, -0.2) is 13.8 Å². The molecule has 0 spiro atoms. The van der Waals surface area contributed by atoms with E-state index in [1.54, 1.807) is 6.92 Å². The number of hydrogen-bond acceptors (Lipinski definition) is 3. The topological polar surface area (TPSA) is 46.0 Å². The number of hydrogen-bond donors (Lipinski definition) is 1. The van der Waals surface area contributed by atoms with Gasteiger partial charge in [-0.15, -0.1) is 0 Å². The largest absolute Gasteiger partial charge is 0.390 e. The van der Waals surface area contributed by atoms with Crippen LogP contribution in [0, 0.1) is 13.8 Å². The van der Waals surface area contributed by atoms with Crippen LogP contribution >= 0.6 is 0 Å². The third kappa shape index (κ3) is 1.98. The van der Waals surface area contributed by atoms with Crippen LogP contribution in [-0.2, 0) is 6.61 Å². The summed E-state index contributed by atoms with van der Waals surface area (Å²) in [6, 6.07) is 0. The van der Waals surface area contributed by atoms with Crippen molar-refractivity contribution in [3.05, 3.63) is 22.8 Å². The van der Waals surface area contributed by atoms with Gasteiger partial charge in [0, 0.05) is 0 Å². The molecule has 1 rings (SSSR count). The van der Waals surface area contributed by atoms with Crippen LogP contribution < -0.4 is 0 Å². The zero-order valence-electron chi connectivity index (χ0n) is 7.38. The third-order valence-electron chi connectivity index (χ3n) is 1.74. The molecular weight excluding hydrogens is 178 g/mol. The molecule has 0 aromatic carbocycles. The summed E-state index contributed by atoms with van der Waals surface area (Å²) in [4.78, 5) is 7.49. The lowest BCUT2D eigenvalue weighted by Crippen LogP contribution is -2.05. The van der Waals surface area contributed by atoms with Gasteiger partial charge in [0.15, 0.2) is 0 Å². The molecule has 0 saturated heterocycles. The molecule has 72 valence electrons. The molecule has 0 aliphatic rings. The Morgan fingerprint density at radius 1 is 1.23 bits per heavy atom. The summed E-state index contributed by atoms with van der Waals surface area (Å²) < 4.78 is 24.6. The van der Waals surface area contributed by atoms with Gasteiger partial charge in [0.25, 0.3) is 6.43 Å². The van der Waals surface area contributed by atoms with E-state index in [9.17, 15) is 8.78 Å². The molecule has 0 saturated carbocycles. The first-order valence-corrected chi connectivity index (χ1v) is 3.79. The predicted molar refractivity (Wildman–Crippen MR) is 42.4 cm³/mol. The van der Waals surface area contributed by atoms with E-state index in [-0.39, 0.29) is 18.0 Å². The molecule has 0 atom stereocenters. The van der Waals surface area contributed by atoms with E-state index in [0.29, 0.717) is 11.4 Å². The molecule has 1 heterocycles. The van der Waals surface area contributed by atoms with Gasteiger partial charge < -0.3 is 5.11 Å². The number of alkyl halides is 2. The van der Waals surface area contributed by atoms with Gasteiger partial charge >= 0.3 is 0 Å². The quantitative estimate of drug-likeness (QED) is 0.765. The molecular formula is C8H10F2N2O. The lowest BCUT2D eigenvalue weighted by Gasteiger charge is -2.07. The predicted octanol–water partition coefficient (Wildman–Crippen LogP) is 1.52. The molecule has 0 aliphatic heterocycles. The van der Waals surface area contributed by atoms with Crippen molar-refractivity contribution in [3.63, 3.8) is 0 Å². The van der Waals surface area contributed by atoms with E-state index in [1.165, 1.54) is 6.92 Å². The number of nitrogens with zero attached hydrogens (tertiary/aromatic N) is 2. The fourth-order valence-corrected chi connectivity index (χ4v) is 1.02. The van der Waals surface area contributed by atoms with E-state index in [4.69, 9.17) is 5.11 Å². The maximum Gasteiger partial charge on any atom is 0.282 e. The Hall–Kier alpha value is -1.10. The minimum absolute atomic E-state index is 0.171. The number of aryl methyl sites for hydroxylation is 2. The first-order valence-electron chi connectivity index (χ1n) is 3.79. The molecule has 5 heteroatoms. The highest BCUT2D eigenvalue weighted by Crippen LogP contribution is 2.20. The van der Waals surface area contributed by atoms with Crippen LogP contribution in [0.1, 0.15) is 29.2 Å². The summed E-state index contributed by atoms with van der Waals surface area (Å²) in [7, 11) is 0. The lowest BCUT2D eigenvalue weighted by molar-refractivity contribution is 0.144. The first kappa shape index (κ1) is 9.98. The van der Waals surface area contributed by atoms with Crippen molar-refractivity contribution >= 4 is 0 Å². The van der Waals surface area contributed by atoms with E-state index < -0.39 is 6.43 Å². The molecule has 0 unspecified atom stereocenters. The first-order chi connectivity index (χ1) is 6.06. The normalized spacial score (nSPS) is 10.9. The fourth-order valence-electron chi connectivity index (χ4n) is 1.02. The molecule has 0 radical (unpaired) electrons. The monoisotopic (exact) mass is 188 g/mol. The van der Waals surface area contributed by atoms with Crippen molar-refractivity contribution in [2.45, 2.75) is 26.9 Å². The Morgan fingerprint density at radius 2 is 1.85 bits per heavy atom. The van der Waals surface area contributed by atoms with Gasteiger partial charge in [-0.1, -0.05) is 0 Å². The van der Waals surface area contributed by atoms with Crippen molar-refractivity contribution in [1.29, 1.82) is 0 Å². The molecule has 0 bridgehead atoms. The highest BCUT2D eigenvalue weighted by Gasteiger charge is 2.15. The maximum atomic E-state index is 12.3. The Kier molecular flexibility index (Phi) is 2.87. The summed E-state index contributed by atoms with van der Waals surface area (Å²) >= 11 is 0. The van der Waals surface area contributed by atoms with Crippen LogP contribution in [-0.4, -0.2) is 15.1 Å². The van der Waals surface area contributed by atoms with Crippen LogP contribution in [0.4, 0.5) is 8.78 Å². The summed E-state index contributed by atoms with van der Waals surface area (Å²) in [5.74, 6) is 0. The Labute approximate surface area is 74.5 Å². The standard InChI is InChI=1S/C8H10F2N2O/c1-4-6(3-13)11-5(2)7(12-4)8(9)10/h8,13H,3H2,1-2H3. The summed E-state index contributed by atoms with van der Waals surface area (Å²) in [6.45, 7) is 2.72. The number of aromatic nitrogens is 2. The average Bonchev–Trinajstić information content (AvgIpc) is 2.07. The second kappa shape index (κ2) is 3.74. The minimum Gasteiger partial charge on any atom is -0.390 e.